The summed E-state index contributed by atoms with van der Waals surface area (Å²) in [5, 5.41) is 0. The van der Waals surface area contributed by atoms with Gasteiger partial charge in [-0.3, -0.25) is 0 Å². The van der Waals surface area contributed by atoms with E-state index in [4.69, 9.17) is 0 Å². The Bertz CT molecular complexity index is 225. The Morgan fingerprint density at radius 1 is 1.33 bits per heavy atom. The van der Waals surface area contributed by atoms with E-state index in [1.165, 1.54) is 5.56 Å². The second kappa shape index (κ2) is 5.16. The molecule has 0 heterocycles. The number of thiol groups is 1. The van der Waals surface area contributed by atoms with Gasteiger partial charge in [-0.1, -0.05) is 29.8 Å². The Labute approximate surface area is 77.2 Å². The highest BCUT2D eigenvalue weighted by Crippen LogP contribution is 2.02. The van der Waals surface area contributed by atoms with Crippen LogP contribution in [-0.2, 0) is 15.9 Å². The van der Waals surface area contributed by atoms with Gasteiger partial charge in [-0.25, -0.2) is 0 Å². The van der Waals surface area contributed by atoms with Crippen molar-refractivity contribution in [1.82, 2.24) is 5.48 Å². The molecule has 12 heavy (non-hydrogen) atoms. The number of benzene rings is 1. The molecule has 1 rings (SSSR count). The molecule has 0 aromatic heterocycles. The first-order chi connectivity index (χ1) is 5.83. The van der Waals surface area contributed by atoms with Gasteiger partial charge in [-0.05, 0) is 12.5 Å². The number of rotatable bonds is 4. The van der Waals surface area contributed by atoms with E-state index < -0.39 is 0 Å². The molecule has 0 aliphatic carbocycles. The third kappa shape index (κ3) is 3.23. The van der Waals surface area contributed by atoms with E-state index in [1.54, 1.807) is 0 Å². The van der Waals surface area contributed by atoms with Crippen LogP contribution in [0.2, 0.25) is 0 Å². The molecule has 1 aromatic rings. The standard InChI is InChI=1S/C8H11NO2S/c1-7-2-4-8(5-3-7)6-9-10-11-12/h2-5,9,12H,6H2,1H3. The van der Waals surface area contributed by atoms with Gasteiger partial charge in [0.1, 0.15) is 0 Å². The topological polar surface area (TPSA) is 30.5 Å². The maximum Gasteiger partial charge on any atom is 0.0491 e. The van der Waals surface area contributed by atoms with E-state index in [-0.39, 0.29) is 0 Å². The molecule has 4 heteroatoms. The summed E-state index contributed by atoms with van der Waals surface area (Å²) in [5.74, 6) is 0. The fraction of sp³-hybridized carbons (Fsp3) is 0.250. The van der Waals surface area contributed by atoms with E-state index >= 15 is 0 Å². The third-order valence-corrected chi connectivity index (χ3v) is 1.57. The smallest absolute Gasteiger partial charge is 0.0491 e. The van der Waals surface area contributed by atoms with Crippen LogP contribution >= 0.6 is 12.9 Å². The van der Waals surface area contributed by atoms with Crippen molar-refractivity contribution in [3.63, 3.8) is 0 Å². The number of hydroxylamine groups is 1. The Hall–Kier alpha value is -0.550. The molecule has 0 spiro atoms. The maximum absolute atomic E-state index is 4.38. The van der Waals surface area contributed by atoms with Crippen molar-refractivity contribution in [2.45, 2.75) is 13.5 Å². The third-order valence-electron chi connectivity index (χ3n) is 1.49. The average molecular weight is 185 g/mol. The van der Waals surface area contributed by atoms with Gasteiger partial charge in [0.15, 0.2) is 0 Å². The summed E-state index contributed by atoms with van der Waals surface area (Å²) >= 11 is 3.40. The van der Waals surface area contributed by atoms with E-state index in [1.807, 2.05) is 31.2 Å². The lowest BCUT2D eigenvalue weighted by atomic mass is 10.2. The van der Waals surface area contributed by atoms with Crippen LogP contribution in [0.25, 0.3) is 0 Å². The fourth-order valence-corrected chi connectivity index (χ4v) is 0.898. The molecule has 0 radical (unpaired) electrons. The van der Waals surface area contributed by atoms with Crippen molar-refractivity contribution in [3.05, 3.63) is 35.4 Å². The molecule has 0 unspecified atom stereocenters. The highest BCUT2D eigenvalue weighted by Gasteiger charge is 1.91. The second-order valence-electron chi connectivity index (χ2n) is 2.46. The molecule has 3 nitrogen and oxygen atoms in total. The van der Waals surface area contributed by atoms with Crippen LogP contribution in [0.3, 0.4) is 0 Å². The van der Waals surface area contributed by atoms with Crippen LogP contribution in [0.5, 0.6) is 0 Å². The summed E-state index contributed by atoms with van der Waals surface area (Å²) in [6.45, 7) is 2.64. The lowest BCUT2D eigenvalue weighted by Gasteiger charge is -2.01. The second-order valence-corrected chi connectivity index (χ2v) is 2.61. The first kappa shape index (κ1) is 9.54. The van der Waals surface area contributed by atoms with E-state index in [9.17, 15) is 0 Å². The Morgan fingerprint density at radius 3 is 2.58 bits per heavy atom. The van der Waals surface area contributed by atoms with E-state index in [0.29, 0.717) is 6.54 Å². The SMILES string of the molecule is Cc1ccc(CNOOS)cc1. The molecule has 0 saturated carbocycles. The predicted octanol–water partition coefficient (Wildman–Crippen LogP) is 1.79. The van der Waals surface area contributed by atoms with Crippen LogP contribution in [0.15, 0.2) is 24.3 Å². The number of aryl methyl sites for hydroxylation is 1. The molecule has 1 aromatic carbocycles. The largest absolute Gasteiger partial charge is 0.164 e. The van der Waals surface area contributed by atoms with E-state index in [2.05, 4.69) is 27.7 Å². The van der Waals surface area contributed by atoms with Gasteiger partial charge in [-0.15, -0.1) is 9.32 Å². The molecule has 0 fully saturated rings. The minimum absolute atomic E-state index is 0.598. The summed E-state index contributed by atoms with van der Waals surface area (Å²) < 4.78 is 4.07. The highest BCUT2D eigenvalue weighted by molar-refractivity contribution is 7.74. The first-order valence-corrected chi connectivity index (χ1v) is 3.95. The number of hydrogen-bond donors (Lipinski definition) is 2. The molecule has 66 valence electrons. The van der Waals surface area contributed by atoms with Crippen molar-refractivity contribution < 1.29 is 9.32 Å². The minimum Gasteiger partial charge on any atom is -0.164 e. The molecule has 0 bridgehead atoms. The van der Waals surface area contributed by atoms with Crippen LogP contribution in [0.1, 0.15) is 11.1 Å². The maximum atomic E-state index is 4.38. The Morgan fingerprint density at radius 2 is 2.00 bits per heavy atom. The molecule has 0 atom stereocenters. The molecule has 0 amide bonds. The van der Waals surface area contributed by atoms with Gasteiger partial charge in [0, 0.05) is 19.5 Å². The van der Waals surface area contributed by atoms with Crippen LogP contribution in [0.4, 0.5) is 0 Å². The van der Waals surface area contributed by atoms with Gasteiger partial charge in [0.25, 0.3) is 0 Å². The molecular formula is C8H11NO2S. The Balaban J connectivity index is 2.37. The molecular weight excluding hydrogens is 174 g/mol. The van der Waals surface area contributed by atoms with Gasteiger partial charge in [0.05, 0.1) is 0 Å². The van der Waals surface area contributed by atoms with Crippen LogP contribution in [-0.4, -0.2) is 0 Å². The van der Waals surface area contributed by atoms with Gasteiger partial charge in [0.2, 0.25) is 0 Å². The lowest BCUT2D eigenvalue weighted by Crippen LogP contribution is -2.11. The van der Waals surface area contributed by atoms with Crippen molar-refractivity contribution in [1.29, 1.82) is 0 Å². The van der Waals surface area contributed by atoms with Gasteiger partial charge in [-0.2, -0.15) is 5.48 Å². The molecule has 0 saturated heterocycles. The number of hydrogen-bond acceptors (Lipinski definition) is 4. The minimum atomic E-state index is 0.598. The van der Waals surface area contributed by atoms with Crippen molar-refractivity contribution in [2.24, 2.45) is 0 Å². The summed E-state index contributed by atoms with van der Waals surface area (Å²) in [6, 6.07) is 8.12. The lowest BCUT2D eigenvalue weighted by molar-refractivity contribution is -0.244. The monoisotopic (exact) mass is 185 g/mol. The zero-order chi connectivity index (χ0) is 8.81. The quantitative estimate of drug-likeness (QED) is 0.246. The average Bonchev–Trinajstić information content (AvgIpc) is 2.09. The molecule has 1 N–H and O–H groups in total. The highest BCUT2D eigenvalue weighted by atomic mass is 32.1. The first-order valence-electron chi connectivity index (χ1n) is 3.58. The normalized spacial score (nSPS) is 10.2. The van der Waals surface area contributed by atoms with Crippen LogP contribution in [0, 0.1) is 6.92 Å². The molecule has 0 aliphatic rings. The number of nitrogens with one attached hydrogen (secondary N) is 1. The van der Waals surface area contributed by atoms with E-state index in [0.717, 1.165) is 5.56 Å². The van der Waals surface area contributed by atoms with Crippen molar-refractivity contribution in [2.75, 3.05) is 0 Å². The summed E-state index contributed by atoms with van der Waals surface area (Å²) in [4.78, 5) is 4.38. The van der Waals surface area contributed by atoms with Crippen molar-refractivity contribution >= 4 is 12.9 Å². The summed E-state index contributed by atoms with van der Waals surface area (Å²) in [7, 11) is 0. The Kier molecular flexibility index (Phi) is 4.10. The zero-order valence-corrected chi connectivity index (χ0v) is 7.67. The van der Waals surface area contributed by atoms with Crippen molar-refractivity contribution in [3.8, 4) is 0 Å². The zero-order valence-electron chi connectivity index (χ0n) is 6.78. The predicted molar refractivity (Wildman–Crippen MR) is 49.2 cm³/mol. The summed E-state index contributed by atoms with van der Waals surface area (Å²) in [6.07, 6.45) is 0. The van der Waals surface area contributed by atoms with Crippen LogP contribution < -0.4 is 5.48 Å². The summed E-state index contributed by atoms with van der Waals surface area (Å²) in [5.41, 5.74) is 4.94. The van der Waals surface area contributed by atoms with Gasteiger partial charge >= 0.3 is 0 Å². The van der Waals surface area contributed by atoms with Gasteiger partial charge < -0.3 is 0 Å². The fourth-order valence-electron chi connectivity index (χ4n) is 0.845. The molecule has 0 aliphatic heterocycles.